The molecule has 0 N–H and O–H groups in total. The van der Waals surface area contributed by atoms with Gasteiger partial charge in [0.05, 0.1) is 0 Å². The van der Waals surface area contributed by atoms with Crippen molar-refractivity contribution in [1.29, 1.82) is 0 Å². The average molecular weight is 190 g/mol. The molecule has 1 atom stereocenters. The van der Waals surface area contributed by atoms with Gasteiger partial charge in [-0.1, -0.05) is 19.6 Å². The van der Waals surface area contributed by atoms with Crippen LogP contribution in [0.1, 0.15) is 0 Å². The van der Waals surface area contributed by atoms with Gasteiger partial charge in [-0.25, -0.2) is 0 Å². The molecule has 0 bridgehead atoms. The van der Waals surface area contributed by atoms with Crippen LogP contribution in [-0.4, -0.2) is 47.3 Å². The zero-order valence-electron chi connectivity index (χ0n) is 8.97. The third kappa shape index (κ3) is 3.51. The molecule has 0 saturated carbocycles. The highest BCUT2D eigenvalue weighted by Crippen LogP contribution is 2.09. The predicted octanol–water partition coefficient (Wildman–Crippen LogP) is 1.16. The summed E-state index contributed by atoms with van der Waals surface area (Å²) in [6.07, 6.45) is 0. The molecule has 68 valence electrons. The molecule has 4 heteroatoms. The summed E-state index contributed by atoms with van der Waals surface area (Å²) in [5, 5.41) is 0. The van der Waals surface area contributed by atoms with E-state index in [0.717, 1.165) is 0 Å². The van der Waals surface area contributed by atoms with E-state index >= 15 is 0 Å². The Kier molecular flexibility index (Phi) is 3.97. The van der Waals surface area contributed by atoms with E-state index in [0.29, 0.717) is 0 Å². The summed E-state index contributed by atoms with van der Waals surface area (Å²) in [6, 6.07) is 0. The van der Waals surface area contributed by atoms with E-state index in [2.05, 4.69) is 56.1 Å². The standard InChI is InChI=1S/C7H22N2Si2/c1-8(2)10(4)9(3)11(5,6)7/h10H,1-7H3. The fourth-order valence-electron chi connectivity index (χ4n) is 0.907. The second-order valence-electron chi connectivity index (χ2n) is 4.38. The number of hydrogen-bond acceptors (Lipinski definition) is 2. The van der Waals surface area contributed by atoms with Crippen LogP contribution in [0.15, 0.2) is 0 Å². The molecule has 0 saturated heterocycles. The molecule has 0 rings (SSSR count). The maximum Gasteiger partial charge on any atom is 0.179 e. The first-order valence-corrected chi connectivity index (χ1v) is 9.79. The molecule has 0 aliphatic heterocycles. The molecule has 0 aliphatic rings. The van der Waals surface area contributed by atoms with Gasteiger partial charge in [-0.15, -0.1) is 0 Å². The lowest BCUT2D eigenvalue weighted by molar-refractivity contribution is 0.574. The fraction of sp³-hybridized carbons (Fsp3) is 1.00. The van der Waals surface area contributed by atoms with Gasteiger partial charge in [-0.3, -0.25) is 0 Å². The van der Waals surface area contributed by atoms with Gasteiger partial charge in [0.2, 0.25) is 0 Å². The van der Waals surface area contributed by atoms with Crippen LogP contribution in [0.2, 0.25) is 26.2 Å². The Hall–Kier alpha value is 0.354. The summed E-state index contributed by atoms with van der Waals surface area (Å²) in [7, 11) is 4.86. The van der Waals surface area contributed by atoms with Gasteiger partial charge in [0.25, 0.3) is 0 Å². The second-order valence-corrected chi connectivity index (χ2v) is 13.0. The molecule has 0 radical (unpaired) electrons. The second kappa shape index (κ2) is 3.84. The van der Waals surface area contributed by atoms with Gasteiger partial charge in [-0.2, -0.15) is 0 Å². The lowest BCUT2D eigenvalue weighted by Crippen LogP contribution is -2.56. The third-order valence-corrected chi connectivity index (χ3v) is 10.5. The molecule has 0 aromatic heterocycles. The largest absolute Gasteiger partial charge is 0.339 e. The van der Waals surface area contributed by atoms with Gasteiger partial charge in [0, 0.05) is 0 Å². The zero-order chi connectivity index (χ0) is 9.23. The van der Waals surface area contributed by atoms with E-state index in [4.69, 9.17) is 0 Å². The van der Waals surface area contributed by atoms with Crippen LogP contribution < -0.4 is 0 Å². The molecule has 1 unspecified atom stereocenters. The van der Waals surface area contributed by atoms with Crippen LogP contribution in [0.5, 0.6) is 0 Å². The van der Waals surface area contributed by atoms with E-state index < -0.39 is 17.4 Å². The van der Waals surface area contributed by atoms with Crippen LogP contribution in [0.4, 0.5) is 0 Å². The minimum absolute atomic E-state index is 0.766. The first-order chi connectivity index (χ1) is 4.76. The van der Waals surface area contributed by atoms with E-state index in [1.165, 1.54) is 0 Å². The van der Waals surface area contributed by atoms with Crippen molar-refractivity contribution < 1.29 is 0 Å². The van der Waals surface area contributed by atoms with Crippen LogP contribution in [0.25, 0.3) is 0 Å². The van der Waals surface area contributed by atoms with Gasteiger partial charge in [0.1, 0.15) is 8.24 Å². The van der Waals surface area contributed by atoms with Crippen molar-refractivity contribution in [2.75, 3.05) is 21.1 Å². The number of nitrogens with zero attached hydrogens (tertiary/aromatic N) is 2. The predicted molar refractivity (Wildman–Crippen MR) is 57.8 cm³/mol. The summed E-state index contributed by atoms with van der Waals surface area (Å²) >= 11 is 0. The molecule has 11 heavy (non-hydrogen) atoms. The topological polar surface area (TPSA) is 6.48 Å². The number of rotatable bonds is 3. The minimum atomic E-state index is -1.03. The number of hydrogen-bond donors (Lipinski definition) is 0. The van der Waals surface area contributed by atoms with Crippen molar-refractivity contribution in [3.63, 3.8) is 0 Å². The van der Waals surface area contributed by atoms with Crippen molar-refractivity contribution in [2.24, 2.45) is 0 Å². The zero-order valence-corrected chi connectivity index (χ0v) is 11.1. The normalized spacial score (nSPS) is 16.1. The van der Waals surface area contributed by atoms with Gasteiger partial charge >= 0.3 is 0 Å². The smallest absolute Gasteiger partial charge is 0.179 e. The molecular formula is C7H22N2Si2. The van der Waals surface area contributed by atoms with Gasteiger partial charge in [0.15, 0.2) is 9.12 Å². The maximum absolute atomic E-state index is 2.63. The molecule has 0 spiro atoms. The van der Waals surface area contributed by atoms with E-state index in [9.17, 15) is 0 Å². The highest BCUT2D eigenvalue weighted by molar-refractivity contribution is 6.81. The third-order valence-electron chi connectivity index (χ3n) is 2.37. The molecular weight excluding hydrogens is 168 g/mol. The van der Waals surface area contributed by atoms with Crippen molar-refractivity contribution >= 4 is 17.4 Å². The molecule has 0 heterocycles. The van der Waals surface area contributed by atoms with Crippen LogP contribution in [0.3, 0.4) is 0 Å². The van der Waals surface area contributed by atoms with E-state index in [1.54, 1.807) is 0 Å². The van der Waals surface area contributed by atoms with Crippen LogP contribution >= 0.6 is 0 Å². The Labute approximate surface area is 74.0 Å². The first-order valence-electron chi connectivity index (χ1n) is 4.16. The summed E-state index contributed by atoms with van der Waals surface area (Å²) in [5.41, 5.74) is 0. The summed E-state index contributed by atoms with van der Waals surface area (Å²) in [5.74, 6) is 0. The molecule has 0 aromatic rings. The Balaban J connectivity index is 4.13. The first kappa shape index (κ1) is 11.4. The Morgan fingerprint density at radius 2 is 1.36 bits per heavy atom. The van der Waals surface area contributed by atoms with Gasteiger partial charge < -0.3 is 8.80 Å². The average Bonchev–Trinajstić information content (AvgIpc) is 1.82. The summed E-state index contributed by atoms with van der Waals surface area (Å²) < 4.78 is 5.02. The van der Waals surface area contributed by atoms with Crippen LogP contribution in [0, 0.1) is 0 Å². The van der Waals surface area contributed by atoms with E-state index in [1.807, 2.05) is 0 Å². The molecule has 0 aromatic carbocycles. The quantitative estimate of drug-likeness (QED) is 0.617. The van der Waals surface area contributed by atoms with E-state index in [-0.39, 0.29) is 0 Å². The SMILES string of the molecule is CN(C)[SiH](C)N(C)[Si](C)(C)C. The Morgan fingerprint density at radius 1 is 1.00 bits per heavy atom. The molecule has 0 amide bonds. The Bertz CT molecular complexity index is 120. The monoisotopic (exact) mass is 190 g/mol. The van der Waals surface area contributed by atoms with Crippen molar-refractivity contribution in [3.8, 4) is 0 Å². The summed E-state index contributed by atoms with van der Waals surface area (Å²) in [4.78, 5) is 0. The van der Waals surface area contributed by atoms with Gasteiger partial charge in [-0.05, 0) is 27.7 Å². The molecule has 2 nitrogen and oxygen atoms in total. The van der Waals surface area contributed by atoms with Crippen molar-refractivity contribution in [1.82, 2.24) is 8.80 Å². The Morgan fingerprint density at radius 3 is 1.45 bits per heavy atom. The minimum Gasteiger partial charge on any atom is -0.339 e. The van der Waals surface area contributed by atoms with Crippen molar-refractivity contribution in [2.45, 2.75) is 26.2 Å². The highest BCUT2D eigenvalue weighted by atomic mass is 28.4. The van der Waals surface area contributed by atoms with Crippen LogP contribution in [-0.2, 0) is 0 Å². The highest BCUT2D eigenvalue weighted by Gasteiger charge is 2.26. The molecule has 0 fully saturated rings. The lowest BCUT2D eigenvalue weighted by Gasteiger charge is -2.37. The molecule has 0 aliphatic carbocycles. The maximum atomic E-state index is 2.63. The van der Waals surface area contributed by atoms with Crippen molar-refractivity contribution in [3.05, 3.63) is 0 Å². The lowest BCUT2D eigenvalue weighted by atomic mass is 11.3. The fourth-order valence-corrected chi connectivity index (χ4v) is 6.78. The summed E-state index contributed by atoms with van der Waals surface area (Å²) in [6.45, 7) is 9.60.